The average molecular weight is 391 g/mol. The van der Waals surface area contributed by atoms with Gasteiger partial charge in [-0.1, -0.05) is 35.9 Å². The van der Waals surface area contributed by atoms with E-state index in [4.69, 9.17) is 11.6 Å². The molecule has 2 aromatic rings. The van der Waals surface area contributed by atoms with Gasteiger partial charge in [0.1, 0.15) is 0 Å². The van der Waals surface area contributed by atoms with Crippen molar-refractivity contribution in [2.75, 3.05) is 6.54 Å². The van der Waals surface area contributed by atoms with Gasteiger partial charge >= 0.3 is 0 Å². The maximum Gasteiger partial charge on any atom is 0.261 e. The Bertz CT molecular complexity index is 759. The minimum Gasteiger partial charge on any atom is -0.351 e. The molecule has 1 aliphatic rings. The van der Waals surface area contributed by atoms with Crippen LogP contribution in [0.25, 0.3) is 0 Å². The Balaban J connectivity index is 1.53. The van der Waals surface area contributed by atoms with E-state index in [1.165, 1.54) is 11.3 Å². The largest absolute Gasteiger partial charge is 0.351 e. The van der Waals surface area contributed by atoms with Gasteiger partial charge in [-0.25, -0.2) is 0 Å². The molecule has 0 spiro atoms. The predicted molar refractivity (Wildman–Crippen MR) is 106 cm³/mol. The maximum absolute atomic E-state index is 12.8. The van der Waals surface area contributed by atoms with Gasteiger partial charge in [-0.15, -0.1) is 11.3 Å². The van der Waals surface area contributed by atoms with Crippen molar-refractivity contribution >= 4 is 34.8 Å². The van der Waals surface area contributed by atoms with Crippen molar-refractivity contribution in [3.8, 4) is 0 Å². The molecule has 6 heteroatoms. The topological polar surface area (TPSA) is 49.4 Å². The summed E-state index contributed by atoms with van der Waals surface area (Å²) in [5, 5.41) is 5.45. The molecule has 3 rings (SSSR count). The molecule has 1 heterocycles. The van der Waals surface area contributed by atoms with Gasteiger partial charge in [0.2, 0.25) is 5.91 Å². The van der Waals surface area contributed by atoms with E-state index in [-0.39, 0.29) is 17.9 Å². The molecule has 26 heavy (non-hydrogen) atoms. The zero-order valence-corrected chi connectivity index (χ0v) is 16.4. The highest BCUT2D eigenvalue weighted by molar-refractivity contribution is 7.12. The quantitative estimate of drug-likeness (QED) is 0.666. The summed E-state index contributed by atoms with van der Waals surface area (Å²) in [5.41, 5.74) is 0.986. The monoisotopic (exact) mass is 390 g/mol. The van der Waals surface area contributed by atoms with Crippen molar-refractivity contribution in [1.82, 2.24) is 10.2 Å². The maximum atomic E-state index is 12.8. The Hall–Kier alpha value is -1.85. The van der Waals surface area contributed by atoms with Gasteiger partial charge in [-0.05, 0) is 49.3 Å². The zero-order chi connectivity index (χ0) is 18.5. The van der Waals surface area contributed by atoms with Crippen LogP contribution in [0.3, 0.4) is 0 Å². The van der Waals surface area contributed by atoms with Crippen LogP contribution in [0.5, 0.6) is 0 Å². The second-order valence-electron chi connectivity index (χ2n) is 6.57. The molecule has 0 saturated heterocycles. The van der Waals surface area contributed by atoms with Crippen LogP contribution in [0.2, 0.25) is 5.02 Å². The molecule has 1 atom stereocenters. The van der Waals surface area contributed by atoms with Crippen LogP contribution < -0.4 is 5.32 Å². The molecule has 1 saturated carbocycles. The SMILES string of the molecule is CC(c1ccccc1Cl)N(C(=O)CCCNC(=O)c1cccs1)C1CC1. The molecule has 1 aliphatic carbocycles. The highest BCUT2D eigenvalue weighted by Crippen LogP contribution is 2.37. The van der Waals surface area contributed by atoms with Crippen molar-refractivity contribution in [3.05, 3.63) is 57.2 Å². The third-order valence-corrected chi connectivity index (χ3v) is 5.81. The normalized spacial score (nSPS) is 14.7. The van der Waals surface area contributed by atoms with Crippen LogP contribution in [0.15, 0.2) is 41.8 Å². The number of hydrogen-bond donors (Lipinski definition) is 1. The lowest BCUT2D eigenvalue weighted by Crippen LogP contribution is -2.36. The summed E-state index contributed by atoms with van der Waals surface area (Å²) >= 11 is 7.73. The number of carbonyl (C=O) groups is 2. The van der Waals surface area contributed by atoms with Crippen LogP contribution in [-0.2, 0) is 4.79 Å². The zero-order valence-electron chi connectivity index (χ0n) is 14.8. The Morgan fingerprint density at radius 2 is 2.04 bits per heavy atom. The minimum absolute atomic E-state index is 0.0376. The third kappa shape index (κ3) is 4.65. The third-order valence-electron chi connectivity index (χ3n) is 4.60. The van der Waals surface area contributed by atoms with Crippen LogP contribution in [-0.4, -0.2) is 29.3 Å². The van der Waals surface area contributed by atoms with Crippen molar-refractivity contribution in [1.29, 1.82) is 0 Å². The highest BCUT2D eigenvalue weighted by atomic mass is 35.5. The molecule has 1 fully saturated rings. The fourth-order valence-electron chi connectivity index (χ4n) is 3.12. The summed E-state index contributed by atoms with van der Waals surface area (Å²) in [6.45, 7) is 2.54. The molecule has 1 aromatic heterocycles. The number of rotatable bonds is 8. The van der Waals surface area contributed by atoms with Crippen molar-refractivity contribution in [2.45, 2.75) is 44.7 Å². The molecule has 4 nitrogen and oxygen atoms in total. The molecule has 0 aliphatic heterocycles. The van der Waals surface area contributed by atoms with Crippen molar-refractivity contribution in [3.63, 3.8) is 0 Å². The number of halogens is 1. The lowest BCUT2D eigenvalue weighted by atomic mass is 10.1. The van der Waals surface area contributed by atoms with Crippen molar-refractivity contribution < 1.29 is 9.59 Å². The Kier molecular flexibility index (Phi) is 6.33. The summed E-state index contributed by atoms with van der Waals surface area (Å²) in [4.78, 5) is 27.4. The van der Waals surface area contributed by atoms with E-state index in [1.54, 1.807) is 6.07 Å². The molecule has 2 amide bonds. The van der Waals surface area contributed by atoms with E-state index in [0.717, 1.165) is 18.4 Å². The summed E-state index contributed by atoms with van der Waals surface area (Å²) in [6, 6.07) is 11.6. The number of amides is 2. The van der Waals surface area contributed by atoms with E-state index in [2.05, 4.69) is 5.32 Å². The van der Waals surface area contributed by atoms with Gasteiger partial charge in [-0.3, -0.25) is 9.59 Å². The molecule has 1 unspecified atom stereocenters. The van der Waals surface area contributed by atoms with E-state index >= 15 is 0 Å². The number of carbonyl (C=O) groups excluding carboxylic acids is 2. The summed E-state index contributed by atoms with van der Waals surface area (Å²) in [5.74, 6) is 0.0567. The molecule has 0 radical (unpaired) electrons. The van der Waals surface area contributed by atoms with Gasteiger partial charge in [0.15, 0.2) is 0 Å². The van der Waals surface area contributed by atoms with E-state index in [1.807, 2.05) is 47.5 Å². The standard InChI is InChI=1S/C20H23ClN2O2S/c1-14(16-6-2-3-7-17(16)21)23(15-10-11-15)19(24)9-4-12-22-20(25)18-8-5-13-26-18/h2-3,5-8,13-15H,4,9-12H2,1H3,(H,22,25). The van der Waals surface area contributed by atoms with Crippen LogP contribution in [0, 0.1) is 0 Å². The van der Waals surface area contributed by atoms with Gasteiger partial charge in [0.25, 0.3) is 5.91 Å². The number of nitrogens with one attached hydrogen (secondary N) is 1. The van der Waals surface area contributed by atoms with Gasteiger partial charge in [0, 0.05) is 24.0 Å². The van der Waals surface area contributed by atoms with Gasteiger partial charge in [-0.2, -0.15) is 0 Å². The highest BCUT2D eigenvalue weighted by Gasteiger charge is 2.36. The lowest BCUT2D eigenvalue weighted by Gasteiger charge is -2.30. The number of nitrogens with zero attached hydrogens (tertiary/aromatic N) is 1. The van der Waals surface area contributed by atoms with E-state index in [9.17, 15) is 9.59 Å². The molecule has 1 N–H and O–H groups in total. The molecular formula is C20H23ClN2O2S. The van der Waals surface area contributed by atoms with Gasteiger partial charge in [0.05, 0.1) is 10.9 Å². The number of hydrogen-bond acceptors (Lipinski definition) is 3. The number of thiophene rings is 1. The predicted octanol–water partition coefficient (Wildman–Crippen LogP) is 4.66. The molecule has 0 bridgehead atoms. The van der Waals surface area contributed by atoms with Gasteiger partial charge < -0.3 is 10.2 Å². The first-order valence-corrected chi connectivity index (χ1v) is 10.2. The fourth-order valence-corrected chi connectivity index (χ4v) is 4.05. The second kappa shape index (κ2) is 8.69. The molecule has 138 valence electrons. The molecule has 1 aromatic carbocycles. The minimum atomic E-state index is -0.0732. The average Bonchev–Trinajstić information content (AvgIpc) is 3.30. The Morgan fingerprint density at radius 3 is 2.69 bits per heavy atom. The summed E-state index contributed by atoms with van der Waals surface area (Å²) in [6.07, 6.45) is 3.16. The molecular weight excluding hydrogens is 368 g/mol. The lowest BCUT2D eigenvalue weighted by molar-refractivity contribution is -0.134. The van der Waals surface area contributed by atoms with E-state index < -0.39 is 0 Å². The summed E-state index contributed by atoms with van der Waals surface area (Å²) < 4.78 is 0. The summed E-state index contributed by atoms with van der Waals surface area (Å²) in [7, 11) is 0. The first-order chi connectivity index (χ1) is 12.6. The number of benzene rings is 1. The van der Waals surface area contributed by atoms with Crippen molar-refractivity contribution in [2.24, 2.45) is 0 Å². The van der Waals surface area contributed by atoms with Crippen LogP contribution in [0.1, 0.15) is 53.9 Å². The fraction of sp³-hybridized carbons (Fsp3) is 0.400. The Labute approximate surface area is 163 Å². The first-order valence-electron chi connectivity index (χ1n) is 8.95. The second-order valence-corrected chi connectivity index (χ2v) is 7.92. The van der Waals surface area contributed by atoms with Crippen LogP contribution in [0.4, 0.5) is 0 Å². The smallest absolute Gasteiger partial charge is 0.261 e. The van der Waals surface area contributed by atoms with E-state index in [0.29, 0.717) is 35.3 Å². The van der Waals surface area contributed by atoms with Crippen LogP contribution >= 0.6 is 22.9 Å². The Morgan fingerprint density at radius 1 is 1.27 bits per heavy atom. The first kappa shape index (κ1) is 18.9.